The monoisotopic (exact) mass is 261 g/mol. The summed E-state index contributed by atoms with van der Waals surface area (Å²) >= 11 is 0. The van der Waals surface area contributed by atoms with Crippen molar-refractivity contribution in [3.63, 3.8) is 0 Å². The molecule has 0 fully saturated rings. The number of nitrogens with zero attached hydrogens (tertiary/aromatic N) is 2. The standard InChI is InChI=1S/C17H15N3/c1-13-7-9-15(10-8-13)17(11-16(12-18)19-20-17)14-5-3-2-4-6-14/h2-10,20H,11H2,1H3. The summed E-state index contributed by atoms with van der Waals surface area (Å²) in [4.78, 5) is 0. The molecule has 98 valence electrons. The molecule has 0 saturated heterocycles. The molecule has 1 atom stereocenters. The summed E-state index contributed by atoms with van der Waals surface area (Å²) in [6.45, 7) is 2.07. The lowest BCUT2D eigenvalue weighted by molar-refractivity contribution is 0.460. The van der Waals surface area contributed by atoms with Gasteiger partial charge in [0.05, 0.1) is 0 Å². The molecule has 0 radical (unpaired) electrons. The summed E-state index contributed by atoms with van der Waals surface area (Å²) in [5, 5.41) is 13.3. The minimum Gasteiger partial charge on any atom is -0.294 e. The molecule has 1 heterocycles. The summed E-state index contributed by atoms with van der Waals surface area (Å²) in [6, 6.07) is 20.7. The van der Waals surface area contributed by atoms with Gasteiger partial charge in [-0.1, -0.05) is 60.2 Å². The molecule has 1 N–H and O–H groups in total. The van der Waals surface area contributed by atoms with Gasteiger partial charge in [-0.05, 0) is 18.1 Å². The van der Waals surface area contributed by atoms with E-state index in [2.05, 4.69) is 59.9 Å². The van der Waals surface area contributed by atoms with E-state index in [0.717, 1.165) is 11.1 Å². The molecular weight excluding hydrogens is 246 g/mol. The summed E-state index contributed by atoms with van der Waals surface area (Å²) in [7, 11) is 0. The molecule has 1 unspecified atom stereocenters. The topological polar surface area (TPSA) is 48.2 Å². The molecule has 0 bridgehead atoms. The van der Waals surface area contributed by atoms with E-state index >= 15 is 0 Å². The molecule has 0 aromatic heterocycles. The second-order valence-corrected chi connectivity index (χ2v) is 5.10. The Morgan fingerprint density at radius 1 is 1.05 bits per heavy atom. The number of rotatable bonds is 2. The Kier molecular flexibility index (Phi) is 3.00. The van der Waals surface area contributed by atoms with E-state index in [1.165, 1.54) is 5.56 Å². The Morgan fingerprint density at radius 2 is 1.70 bits per heavy atom. The quantitative estimate of drug-likeness (QED) is 0.903. The van der Waals surface area contributed by atoms with Crippen molar-refractivity contribution >= 4 is 5.71 Å². The molecule has 3 heteroatoms. The first kappa shape index (κ1) is 12.4. The maximum Gasteiger partial charge on any atom is 0.140 e. The van der Waals surface area contributed by atoms with Gasteiger partial charge in [0.15, 0.2) is 0 Å². The van der Waals surface area contributed by atoms with E-state index in [0.29, 0.717) is 12.1 Å². The third kappa shape index (κ3) is 1.96. The van der Waals surface area contributed by atoms with E-state index in [1.807, 2.05) is 18.2 Å². The summed E-state index contributed by atoms with van der Waals surface area (Å²) in [5.74, 6) is 0. The number of hydrogen-bond acceptors (Lipinski definition) is 3. The minimum absolute atomic E-state index is 0.431. The van der Waals surface area contributed by atoms with Crippen LogP contribution in [-0.2, 0) is 5.54 Å². The second kappa shape index (κ2) is 4.82. The van der Waals surface area contributed by atoms with E-state index in [1.54, 1.807) is 0 Å². The lowest BCUT2D eigenvalue weighted by Crippen LogP contribution is -2.37. The van der Waals surface area contributed by atoms with Crippen LogP contribution in [0.4, 0.5) is 0 Å². The van der Waals surface area contributed by atoms with Crippen molar-refractivity contribution in [2.24, 2.45) is 5.10 Å². The van der Waals surface area contributed by atoms with E-state index in [9.17, 15) is 0 Å². The van der Waals surface area contributed by atoms with Gasteiger partial charge in [-0.25, -0.2) is 0 Å². The fraction of sp³-hybridized carbons (Fsp3) is 0.176. The van der Waals surface area contributed by atoms with Crippen molar-refractivity contribution in [3.8, 4) is 6.07 Å². The van der Waals surface area contributed by atoms with Crippen LogP contribution in [-0.4, -0.2) is 5.71 Å². The maximum absolute atomic E-state index is 9.12. The lowest BCUT2D eigenvalue weighted by atomic mass is 9.80. The summed E-state index contributed by atoms with van der Waals surface area (Å²) in [5.41, 5.74) is 6.76. The van der Waals surface area contributed by atoms with Crippen molar-refractivity contribution in [2.75, 3.05) is 0 Å². The van der Waals surface area contributed by atoms with Gasteiger partial charge >= 0.3 is 0 Å². The zero-order chi connectivity index (χ0) is 14.0. The fourth-order valence-electron chi connectivity index (χ4n) is 2.62. The Hall–Kier alpha value is -2.60. The third-order valence-corrected chi connectivity index (χ3v) is 3.75. The Bertz CT molecular complexity index is 680. The molecular formula is C17H15N3. The van der Waals surface area contributed by atoms with Crippen LogP contribution in [0, 0.1) is 18.3 Å². The molecule has 2 aromatic rings. The largest absolute Gasteiger partial charge is 0.294 e. The van der Waals surface area contributed by atoms with Crippen LogP contribution in [0.15, 0.2) is 59.7 Å². The zero-order valence-electron chi connectivity index (χ0n) is 11.3. The molecule has 1 aliphatic rings. The van der Waals surface area contributed by atoms with Crippen LogP contribution in [0.25, 0.3) is 0 Å². The highest BCUT2D eigenvalue weighted by atomic mass is 15.4. The van der Waals surface area contributed by atoms with Gasteiger partial charge in [0.25, 0.3) is 0 Å². The molecule has 2 aromatic carbocycles. The highest BCUT2D eigenvalue weighted by molar-refractivity contribution is 6.00. The van der Waals surface area contributed by atoms with Gasteiger partial charge in [0, 0.05) is 6.42 Å². The van der Waals surface area contributed by atoms with Crippen molar-refractivity contribution in [2.45, 2.75) is 18.9 Å². The molecule has 3 rings (SSSR count). The molecule has 0 saturated carbocycles. The molecule has 20 heavy (non-hydrogen) atoms. The zero-order valence-corrected chi connectivity index (χ0v) is 11.3. The SMILES string of the molecule is Cc1ccc(C2(c3ccccc3)CC(C#N)=NN2)cc1. The van der Waals surface area contributed by atoms with Crippen LogP contribution < -0.4 is 5.43 Å². The Labute approximate surface area is 118 Å². The minimum atomic E-state index is -0.431. The van der Waals surface area contributed by atoms with Gasteiger partial charge in [-0.2, -0.15) is 10.4 Å². The van der Waals surface area contributed by atoms with E-state index in [-0.39, 0.29) is 0 Å². The van der Waals surface area contributed by atoms with Crippen molar-refractivity contribution in [1.82, 2.24) is 5.43 Å². The Morgan fingerprint density at radius 3 is 2.30 bits per heavy atom. The van der Waals surface area contributed by atoms with Crippen LogP contribution in [0.1, 0.15) is 23.1 Å². The molecule has 3 nitrogen and oxygen atoms in total. The van der Waals surface area contributed by atoms with Crippen molar-refractivity contribution < 1.29 is 0 Å². The normalized spacial score (nSPS) is 20.9. The average molecular weight is 261 g/mol. The van der Waals surface area contributed by atoms with Crippen molar-refractivity contribution in [3.05, 3.63) is 71.3 Å². The number of aryl methyl sites for hydroxylation is 1. The number of hydrogen-bond donors (Lipinski definition) is 1. The number of nitriles is 1. The first-order chi connectivity index (χ1) is 9.74. The van der Waals surface area contributed by atoms with Gasteiger partial charge < -0.3 is 0 Å². The maximum atomic E-state index is 9.12. The van der Waals surface area contributed by atoms with Crippen LogP contribution in [0.3, 0.4) is 0 Å². The lowest BCUT2D eigenvalue weighted by Gasteiger charge is -2.30. The van der Waals surface area contributed by atoms with Gasteiger partial charge in [-0.15, -0.1) is 0 Å². The third-order valence-electron chi connectivity index (χ3n) is 3.75. The van der Waals surface area contributed by atoms with Crippen LogP contribution >= 0.6 is 0 Å². The first-order valence-corrected chi connectivity index (χ1v) is 6.61. The van der Waals surface area contributed by atoms with Crippen LogP contribution in [0.2, 0.25) is 0 Å². The van der Waals surface area contributed by atoms with E-state index < -0.39 is 5.54 Å². The molecule has 0 spiro atoms. The van der Waals surface area contributed by atoms with Gasteiger partial charge in [-0.3, -0.25) is 5.43 Å². The smallest absolute Gasteiger partial charge is 0.140 e. The average Bonchev–Trinajstić information content (AvgIpc) is 2.94. The van der Waals surface area contributed by atoms with Crippen LogP contribution in [0.5, 0.6) is 0 Å². The highest BCUT2D eigenvalue weighted by Crippen LogP contribution is 2.36. The second-order valence-electron chi connectivity index (χ2n) is 5.10. The van der Waals surface area contributed by atoms with E-state index in [4.69, 9.17) is 5.26 Å². The number of hydrazone groups is 1. The van der Waals surface area contributed by atoms with Gasteiger partial charge in [0.2, 0.25) is 0 Å². The predicted molar refractivity (Wildman–Crippen MR) is 79.2 cm³/mol. The predicted octanol–water partition coefficient (Wildman–Crippen LogP) is 3.11. The fourth-order valence-corrected chi connectivity index (χ4v) is 2.62. The molecule has 0 aliphatic carbocycles. The molecule has 1 aliphatic heterocycles. The highest BCUT2D eigenvalue weighted by Gasteiger charge is 2.39. The Balaban J connectivity index is 2.11. The van der Waals surface area contributed by atoms with Gasteiger partial charge in [0.1, 0.15) is 17.3 Å². The van der Waals surface area contributed by atoms with Crippen molar-refractivity contribution in [1.29, 1.82) is 5.26 Å². The number of benzene rings is 2. The number of nitrogens with one attached hydrogen (secondary N) is 1. The summed E-state index contributed by atoms with van der Waals surface area (Å²) in [6.07, 6.45) is 0.580. The molecule has 0 amide bonds. The first-order valence-electron chi connectivity index (χ1n) is 6.61. The summed E-state index contributed by atoms with van der Waals surface area (Å²) < 4.78 is 0.